The summed E-state index contributed by atoms with van der Waals surface area (Å²) in [4.78, 5) is 25.7. The van der Waals surface area contributed by atoms with Gasteiger partial charge in [0.25, 0.3) is 5.91 Å². The number of rotatable bonds is 11. The normalized spacial score (nSPS) is 17.2. The van der Waals surface area contributed by atoms with E-state index in [0.29, 0.717) is 6.61 Å². The van der Waals surface area contributed by atoms with Crippen molar-refractivity contribution in [3.8, 4) is 0 Å². The average molecular weight is 346 g/mol. The number of hydrogen-bond acceptors (Lipinski definition) is 3. The lowest BCUT2D eigenvalue weighted by Gasteiger charge is -2.22. The number of hydrogen-bond donors (Lipinski definition) is 1. The molecule has 1 heterocycles. The molecule has 0 spiro atoms. The largest absolute Gasteiger partial charge is 0.379 e. The van der Waals surface area contributed by atoms with Gasteiger partial charge in [0, 0.05) is 12.3 Å². The van der Waals surface area contributed by atoms with E-state index in [1.807, 2.05) is 24.3 Å². The summed E-state index contributed by atoms with van der Waals surface area (Å²) < 4.78 is 5.57. The molecule has 1 unspecified atom stereocenters. The molecule has 1 aromatic rings. The molecule has 1 atom stereocenters. The number of nitrogens with zero attached hydrogens (tertiary/aromatic N) is 1. The Balaban J connectivity index is 1.96. The summed E-state index contributed by atoms with van der Waals surface area (Å²) in [7, 11) is 0. The van der Waals surface area contributed by atoms with Crippen molar-refractivity contribution in [2.45, 2.75) is 64.8 Å². The number of amides is 3. The molecule has 138 valence electrons. The Morgan fingerprint density at radius 1 is 1.00 bits per heavy atom. The summed E-state index contributed by atoms with van der Waals surface area (Å²) in [6.45, 7) is 5.14. The molecule has 1 fully saturated rings. The van der Waals surface area contributed by atoms with Crippen molar-refractivity contribution < 1.29 is 14.3 Å². The lowest BCUT2D eigenvalue weighted by Crippen LogP contribution is -2.38. The van der Waals surface area contributed by atoms with Crippen molar-refractivity contribution in [2.24, 2.45) is 0 Å². The highest BCUT2D eigenvalue weighted by Gasteiger charge is 2.39. The number of unbranched alkanes of at least 4 members (excludes halogenated alkanes) is 4. The van der Waals surface area contributed by atoms with Gasteiger partial charge in [0.05, 0.1) is 6.61 Å². The Bertz CT molecular complexity index is 557. The van der Waals surface area contributed by atoms with Gasteiger partial charge in [-0.2, -0.15) is 0 Å². The fraction of sp³-hybridized carbons (Fsp3) is 0.600. The molecule has 1 aliphatic heterocycles. The van der Waals surface area contributed by atoms with Gasteiger partial charge in [-0.15, -0.1) is 0 Å². The van der Waals surface area contributed by atoms with E-state index in [1.165, 1.54) is 36.1 Å². The highest BCUT2D eigenvalue weighted by Crippen LogP contribution is 2.23. The SMILES string of the molecule is CCCCCCc1ccc(N2C(=O)NC(=O)C2COCCCC)cc1. The van der Waals surface area contributed by atoms with Crippen molar-refractivity contribution in [3.05, 3.63) is 29.8 Å². The fourth-order valence-corrected chi connectivity index (χ4v) is 2.98. The summed E-state index contributed by atoms with van der Waals surface area (Å²) in [5.41, 5.74) is 2.01. The molecule has 1 saturated heterocycles. The van der Waals surface area contributed by atoms with Crippen LogP contribution in [-0.2, 0) is 16.0 Å². The monoisotopic (exact) mass is 346 g/mol. The molecule has 5 heteroatoms. The van der Waals surface area contributed by atoms with Gasteiger partial charge in [0.15, 0.2) is 0 Å². The molecule has 1 aliphatic rings. The third-order valence-corrected chi connectivity index (χ3v) is 4.51. The second kappa shape index (κ2) is 10.2. The van der Waals surface area contributed by atoms with Gasteiger partial charge in [-0.05, 0) is 37.0 Å². The zero-order valence-electron chi connectivity index (χ0n) is 15.4. The molecule has 0 aliphatic carbocycles. The predicted molar refractivity (Wildman–Crippen MR) is 99.8 cm³/mol. The van der Waals surface area contributed by atoms with Gasteiger partial charge in [0.2, 0.25) is 0 Å². The van der Waals surface area contributed by atoms with E-state index in [9.17, 15) is 9.59 Å². The molecular weight excluding hydrogens is 316 g/mol. The number of anilines is 1. The van der Waals surface area contributed by atoms with Crippen molar-refractivity contribution in [1.29, 1.82) is 0 Å². The van der Waals surface area contributed by atoms with Crippen LogP contribution in [0.25, 0.3) is 0 Å². The molecule has 25 heavy (non-hydrogen) atoms. The van der Waals surface area contributed by atoms with Crippen molar-refractivity contribution in [1.82, 2.24) is 5.32 Å². The van der Waals surface area contributed by atoms with Crippen LogP contribution in [0.4, 0.5) is 10.5 Å². The minimum atomic E-state index is -0.584. The molecule has 0 bridgehead atoms. The smallest absolute Gasteiger partial charge is 0.329 e. The lowest BCUT2D eigenvalue weighted by atomic mass is 10.1. The van der Waals surface area contributed by atoms with E-state index >= 15 is 0 Å². The summed E-state index contributed by atoms with van der Waals surface area (Å²) in [6.07, 6.45) is 7.98. The number of carbonyl (C=O) groups excluding carboxylic acids is 2. The van der Waals surface area contributed by atoms with Gasteiger partial charge in [-0.1, -0.05) is 51.7 Å². The van der Waals surface area contributed by atoms with E-state index in [0.717, 1.165) is 24.9 Å². The number of ether oxygens (including phenoxy) is 1. The van der Waals surface area contributed by atoms with Gasteiger partial charge in [-0.25, -0.2) is 4.79 Å². The maximum absolute atomic E-state index is 12.2. The molecule has 1 aromatic carbocycles. The molecule has 3 amide bonds. The van der Waals surface area contributed by atoms with Crippen LogP contribution in [0.5, 0.6) is 0 Å². The van der Waals surface area contributed by atoms with Crippen molar-refractivity contribution in [2.75, 3.05) is 18.1 Å². The topological polar surface area (TPSA) is 58.6 Å². The van der Waals surface area contributed by atoms with Crippen LogP contribution in [-0.4, -0.2) is 31.2 Å². The number of aryl methyl sites for hydroxylation is 1. The second-order valence-corrected chi connectivity index (χ2v) is 6.59. The maximum atomic E-state index is 12.2. The Kier molecular flexibility index (Phi) is 7.92. The minimum absolute atomic E-state index is 0.232. The van der Waals surface area contributed by atoms with Crippen LogP contribution >= 0.6 is 0 Å². The molecule has 2 rings (SSSR count). The Morgan fingerprint density at radius 3 is 2.40 bits per heavy atom. The minimum Gasteiger partial charge on any atom is -0.379 e. The zero-order chi connectivity index (χ0) is 18.1. The van der Waals surface area contributed by atoms with Crippen LogP contribution in [0.3, 0.4) is 0 Å². The summed E-state index contributed by atoms with van der Waals surface area (Å²) in [5.74, 6) is -0.287. The van der Waals surface area contributed by atoms with Gasteiger partial charge >= 0.3 is 6.03 Å². The standard InChI is InChI=1S/C20H30N2O3/c1-3-5-7-8-9-16-10-12-17(13-11-16)22-18(15-25-14-6-4-2)19(23)21-20(22)24/h10-13,18H,3-9,14-15H2,1-2H3,(H,21,23,24). The van der Waals surface area contributed by atoms with E-state index in [-0.39, 0.29) is 18.5 Å². The number of nitrogens with one attached hydrogen (secondary N) is 1. The quantitative estimate of drug-likeness (QED) is 0.486. The lowest BCUT2D eigenvalue weighted by molar-refractivity contribution is -0.121. The maximum Gasteiger partial charge on any atom is 0.329 e. The molecule has 1 N–H and O–H groups in total. The van der Waals surface area contributed by atoms with Crippen molar-refractivity contribution in [3.63, 3.8) is 0 Å². The number of benzene rings is 1. The molecule has 0 aromatic heterocycles. The van der Waals surface area contributed by atoms with Crippen LogP contribution < -0.4 is 10.2 Å². The first-order valence-electron chi connectivity index (χ1n) is 9.48. The van der Waals surface area contributed by atoms with Gasteiger partial charge in [0.1, 0.15) is 6.04 Å². The Labute approximate surface area is 150 Å². The first kappa shape index (κ1) is 19.4. The summed E-state index contributed by atoms with van der Waals surface area (Å²) in [5, 5.41) is 2.39. The summed E-state index contributed by atoms with van der Waals surface area (Å²) in [6, 6.07) is 6.99. The highest BCUT2D eigenvalue weighted by molar-refractivity contribution is 6.14. The van der Waals surface area contributed by atoms with Crippen LogP contribution in [0.15, 0.2) is 24.3 Å². The number of imide groups is 1. The Hall–Kier alpha value is -1.88. The van der Waals surface area contributed by atoms with Crippen LogP contribution in [0.2, 0.25) is 0 Å². The van der Waals surface area contributed by atoms with E-state index in [1.54, 1.807) is 0 Å². The third kappa shape index (κ3) is 5.56. The van der Waals surface area contributed by atoms with Gasteiger partial charge in [-0.3, -0.25) is 15.0 Å². The number of carbonyl (C=O) groups is 2. The average Bonchev–Trinajstić information content (AvgIpc) is 2.90. The first-order chi connectivity index (χ1) is 12.2. The molecular formula is C20H30N2O3. The van der Waals surface area contributed by atoms with Crippen LogP contribution in [0.1, 0.15) is 57.9 Å². The zero-order valence-corrected chi connectivity index (χ0v) is 15.4. The predicted octanol–water partition coefficient (Wildman–Crippen LogP) is 4.05. The summed E-state index contributed by atoms with van der Waals surface area (Å²) >= 11 is 0. The van der Waals surface area contributed by atoms with E-state index in [4.69, 9.17) is 4.74 Å². The van der Waals surface area contributed by atoms with Crippen LogP contribution in [0, 0.1) is 0 Å². The van der Waals surface area contributed by atoms with Crippen molar-refractivity contribution >= 4 is 17.6 Å². The fourth-order valence-electron chi connectivity index (χ4n) is 2.98. The highest BCUT2D eigenvalue weighted by atomic mass is 16.5. The Morgan fingerprint density at radius 2 is 1.72 bits per heavy atom. The molecule has 0 radical (unpaired) electrons. The van der Waals surface area contributed by atoms with E-state index < -0.39 is 6.04 Å². The first-order valence-corrected chi connectivity index (χ1v) is 9.48. The third-order valence-electron chi connectivity index (χ3n) is 4.51. The number of urea groups is 1. The van der Waals surface area contributed by atoms with Gasteiger partial charge < -0.3 is 4.74 Å². The molecule has 0 saturated carbocycles. The molecule has 5 nitrogen and oxygen atoms in total. The van der Waals surface area contributed by atoms with E-state index in [2.05, 4.69) is 19.2 Å². The second-order valence-electron chi connectivity index (χ2n) is 6.59.